The zero-order valence-electron chi connectivity index (χ0n) is 19.2. The van der Waals surface area contributed by atoms with Crippen LogP contribution in [0.2, 0.25) is 0 Å². The summed E-state index contributed by atoms with van der Waals surface area (Å²) in [6.07, 6.45) is 0. The highest BCUT2D eigenvalue weighted by molar-refractivity contribution is 5.88. The molecule has 4 aromatic heterocycles. The van der Waals surface area contributed by atoms with Gasteiger partial charge in [-0.1, -0.05) is 0 Å². The maximum absolute atomic E-state index is 13.6. The molecule has 0 spiro atoms. The van der Waals surface area contributed by atoms with Gasteiger partial charge in [0.1, 0.15) is 23.0 Å². The largest absolute Gasteiger partial charge is 0.446 e. The molecule has 0 unspecified atom stereocenters. The van der Waals surface area contributed by atoms with E-state index in [-0.39, 0.29) is 18.3 Å². The van der Waals surface area contributed by atoms with Crippen molar-refractivity contribution in [1.82, 2.24) is 24.1 Å². The van der Waals surface area contributed by atoms with Gasteiger partial charge in [0.15, 0.2) is 5.89 Å². The van der Waals surface area contributed by atoms with Gasteiger partial charge in [-0.05, 0) is 62.7 Å². The van der Waals surface area contributed by atoms with Crippen LogP contribution in [0.25, 0.3) is 28.0 Å². The van der Waals surface area contributed by atoms with Gasteiger partial charge in [0.05, 0.1) is 12.1 Å². The summed E-state index contributed by atoms with van der Waals surface area (Å²) in [4.78, 5) is 25.3. The van der Waals surface area contributed by atoms with Gasteiger partial charge in [-0.2, -0.15) is 4.68 Å². The van der Waals surface area contributed by atoms with Gasteiger partial charge in [-0.25, -0.2) is 19.2 Å². The SMILES string of the molecule is Cc1cc(-c2c(-c3ccc(F)cc3)[nH+]c(N)n3c(=O)n(Cc4nc(C)oc4C)nc23)cc(C)n1. The molecule has 172 valence electrons. The number of halogens is 1. The quantitative estimate of drug-likeness (QED) is 0.440. The highest BCUT2D eigenvalue weighted by Gasteiger charge is 2.26. The van der Waals surface area contributed by atoms with E-state index in [4.69, 9.17) is 10.2 Å². The molecule has 0 aliphatic rings. The molecule has 0 radical (unpaired) electrons. The van der Waals surface area contributed by atoms with Crippen LogP contribution in [0.4, 0.5) is 10.3 Å². The number of fused-ring (bicyclic) bond motifs is 1. The molecule has 0 atom stereocenters. The molecule has 0 bridgehead atoms. The summed E-state index contributed by atoms with van der Waals surface area (Å²) in [5.41, 5.74) is 11.2. The van der Waals surface area contributed by atoms with Crippen molar-refractivity contribution in [1.29, 1.82) is 0 Å². The van der Waals surface area contributed by atoms with Gasteiger partial charge in [0.2, 0.25) is 5.65 Å². The summed E-state index contributed by atoms with van der Waals surface area (Å²) in [7, 11) is 0. The first-order chi connectivity index (χ1) is 16.2. The number of nitrogens with zero attached hydrogens (tertiary/aromatic N) is 5. The first kappa shape index (κ1) is 21.5. The molecule has 5 aromatic rings. The van der Waals surface area contributed by atoms with E-state index in [1.54, 1.807) is 26.0 Å². The Kier molecular flexibility index (Phi) is 5.00. The van der Waals surface area contributed by atoms with E-state index < -0.39 is 5.69 Å². The molecular formula is C24H23FN7O2+. The molecule has 0 aliphatic carbocycles. The summed E-state index contributed by atoms with van der Waals surface area (Å²) in [5.74, 6) is 0.881. The Labute approximate surface area is 193 Å². The average Bonchev–Trinajstić information content (AvgIpc) is 3.26. The maximum Gasteiger partial charge on any atom is 0.411 e. The Hall–Kier alpha value is -4.34. The van der Waals surface area contributed by atoms with Gasteiger partial charge in [-0.15, -0.1) is 9.50 Å². The van der Waals surface area contributed by atoms with Crippen molar-refractivity contribution in [2.75, 3.05) is 5.73 Å². The number of H-pyrrole nitrogens is 1. The average molecular weight is 460 g/mol. The van der Waals surface area contributed by atoms with E-state index in [9.17, 15) is 9.18 Å². The number of oxazole rings is 1. The Bertz CT molecular complexity index is 1590. The molecule has 9 nitrogen and oxygen atoms in total. The van der Waals surface area contributed by atoms with Gasteiger partial charge in [-0.3, -0.25) is 10.7 Å². The van der Waals surface area contributed by atoms with E-state index in [2.05, 4.69) is 20.1 Å². The molecule has 4 heterocycles. The van der Waals surface area contributed by atoms with Crippen molar-refractivity contribution in [3.05, 3.63) is 81.4 Å². The first-order valence-corrected chi connectivity index (χ1v) is 10.7. The van der Waals surface area contributed by atoms with E-state index in [0.717, 1.165) is 17.0 Å². The molecule has 10 heteroatoms. The van der Waals surface area contributed by atoms with Crippen LogP contribution >= 0.6 is 0 Å². The number of aryl methyl sites for hydroxylation is 4. The zero-order chi connectivity index (χ0) is 24.1. The second-order valence-corrected chi connectivity index (χ2v) is 8.24. The Morgan fingerprint density at radius 2 is 1.71 bits per heavy atom. The van der Waals surface area contributed by atoms with Gasteiger partial charge < -0.3 is 4.42 Å². The number of pyridine rings is 1. The predicted octanol–water partition coefficient (Wildman–Crippen LogP) is 3.03. The number of nitrogen functional groups attached to an aromatic ring is 1. The Morgan fingerprint density at radius 3 is 2.32 bits per heavy atom. The number of hydrogen-bond acceptors (Lipinski definition) is 6. The van der Waals surface area contributed by atoms with Crippen LogP contribution in [-0.4, -0.2) is 24.1 Å². The molecular weight excluding hydrogens is 437 g/mol. The molecule has 34 heavy (non-hydrogen) atoms. The molecule has 1 aromatic carbocycles. The van der Waals surface area contributed by atoms with Crippen molar-refractivity contribution in [3.8, 4) is 22.4 Å². The number of nitrogens with two attached hydrogens (primary N) is 1. The van der Waals surface area contributed by atoms with Gasteiger partial charge in [0.25, 0.3) is 0 Å². The third-order valence-electron chi connectivity index (χ3n) is 5.61. The van der Waals surface area contributed by atoms with E-state index in [1.807, 2.05) is 26.0 Å². The van der Waals surface area contributed by atoms with Crippen molar-refractivity contribution < 1.29 is 13.8 Å². The summed E-state index contributed by atoms with van der Waals surface area (Å²) >= 11 is 0. The highest BCUT2D eigenvalue weighted by atomic mass is 19.1. The number of aromatic amines is 1. The maximum atomic E-state index is 13.6. The third-order valence-corrected chi connectivity index (χ3v) is 5.61. The Morgan fingerprint density at radius 1 is 1.03 bits per heavy atom. The summed E-state index contributed by atoms with van der Waals surface area (Å²) in [6.45, 7) is 7.46. The summed E-state index contributed by atoms with van der Waals surface area (Å²) < 4.78 is 21.8. The molecule has 0 amide bonds. The van der Waals surface area contributed by atoms with Crippen LogP contribution < -0.4 is 16.4 Å². The normalized spacial score (nSPS) is 11.4. The molecule has 3 N–H and O–H groups in total. The number of benzene rings is 1. The number of nitrogens with one attached hydrogen (secondary N) is 1. The molecule has 0 aliphatic heterocycles. The second-order valence-electron chi connectivity index (χ2n) is 8.24. The van der Waals surface area contributed by atoms with Crippen molar-refractivity contribution in [2.24, 2.45) is 0 Å². The monoisotopic (exact) mass is 460 g/mol. The standard InChI is InChI=1S/C24H22FN7O2/c1-12-9-17(10-13(2)27-12)20-21(16-5-7-18(25)8-6-16)29-23(26)32-22(20)30-31(24(32)33)11-19-14(3)34-15(4)28-19/h5-10H,11H2,1-4H3,(H2,26,29)/p+1. The molecule has 0 saturated heterocycles. The van der Waals surface area contributed by atoms with Crippen LogP contribution in [0.15, 0.2) is 45.6 Å². The zero-order valence-corrected chi connectivity index (χ0v) is 19.2. The summed E-state index contributed by atoms with van der Waals surface area (Å²) in [5, 5.41) is 4.65. The Balaban J connectivity index is 1.82. The molecule has 0 fully saturated rings. The number of anilines is 1. The predicted molar refractivity (Wildman–Crippen MR) is 124 cm³/mol. The van der Waals surface area contributed by atoms with E-state index in [1.165, 1.54) is 21.2 Å². The van der Waals surface area contributed by atoms with Crippen molar-refractivity contribution in [3.63, 3.8) is 0 Å². The lowest BCUT2D eigenvalue weighted by molar-refractivity contribution is -0.351. The third kappa shape index (κ3) is 3.62. The van der Waals surface area contributed by atoms with E-state index >= 15 is 0 Å². The lowest BCUT2D eigenvalue weighted by atomic mass is 9.99. The van der Waals surface area contributed by atoms with Crippen molar-refractivity contribution in [2.45, 2.75) is 34.2 Å². The topological polar surface area (TPSA) is 118 Å². The number of hydrogen-bond donors (Lipinski definition) is 1. The van der Waals surface area contributed by atoms with Crippen LogP contribution in [0, 0.1) is 33.5 Å². The van der Waals surface area contributed by atoms with E-state index in [0.29, 0.717) is 39.8 Å². The second kappa shape index (κ2) is 7.91. The van der Waals surface area contributed by atoms with Crippen molar-refractivity contribution >= 4 is 11.6 Å². The number of aromatic nitrogens is 6. The fourth-order valence-corrected chi connectivity index (χ4v) is 4.19. The van der Waals surface area contributed by atoms with Gasteiger partial charge in [0, 0.05) is 23.9 Å². The minimum Gasteiger partial charge on any atom is -0.446 e. The van der Waals surface area contributed by atoms with Gasteiger partial charge >= 0.3 is 11.6 Å². The van der Waals surface area contributed by atoms with Crippen LogP contribution in [0.5, 0.6) is 0 Å². The smallest absolute Gasteiger partial charge is 0.411 e. The molecule has 0 saturated carbocycles. The molecule has 5 rings (SSSR count). The highest BCUT2D eigenvalue weighted by Crippen LogP contribution is 2.33. The van der Waals surface area contributed by atoms with Crippen LogP contribution in [-0.2, 0) is 6.54 Å². The minimum atomic E-state index is -0.418. The van der Waals surface area contributed by atoms with Crippen LogP contribution in [0.3, 0.4) is 0 Å². The van der Waals surface area contributed by atoms with Crippen LogP contribution in [0.1, 0.15) is 28.7 Å². The fourth-order valence-electron chi connectivity index (χ4n) is 4.19. The lowest BCUT2D eigenvalue weighted by Crippen LogP contribution is -2.28. The minimum absolute atomic E-state index is 0.102. The fraction of sp³-hybridized carbons (Fsp3) is 0.208. The summed E-state index contributed by atoms with van der Waals surface area (Å²) in [6, 6.07) is 9.87. The first-order valence-electron chi connectivity index (χ1n) is 10.7. The number of rotatable bonds is 4. The lowest BCUT2D eigenvalue weighted by Gasteiger charge is -2.10.